The smallest absolute Gasteiger partial charge is 0.108 e. The molecule has 0 aliphatic heterocycles. The molecule has 0 radical (unpaired) electrons. The number of rotatable bonds is 2. The van der Waals surface area contributed by atoms with E-state index in [1.807, 2.05) is 31.2 Å². The van der Waals surface area contributed by atoms with E-state index in [4.69, 9.17) is 0 Å². The summed E-state index contributed by atoms with van der Waals surface area (Å²) in [5.74, 6) is 0. The van der Waals surface area contributed by atoms with E-state index < -0.39 is 5.60 Å². The van der Waals surface area contributed by atoms with Crippen molar-refractivity contribution in [2.45, 2.75) is 38.2 Å². The van der Waals surface area contributed by atoms with Crippen molar-refractivity contribution in [3.8, 4) is 0 Å². The standard InChI is InChI=1S/C14H17BrO/c1-14(16,11-6-3-2-4-7-11)12-8-5-9-13(15)10-12/h5-6,8-10,16H,2-4,7H2,1H3. The molecule has 0 spiro atoms. The average Bonchev–Trinajstić information content (AvgIpc) is 2.30. The molecule has 86 valence electrons. The molecule has 1 atom stereocenters. The molecule has 0 aromatic heterocycles. The SMILES string of the molecule is CC(O)(C1=CCCCC1)c1cccc(Br)c1. The fourth-order valence-corrected chi connectivity index (χ4v) is 2.66. The van der Waals surface area contributed by atoms with Crippen molar-refractivity contribution in [2.75, 3.05) is 0 Å². The summed E-state index contributed by atoms with van der Waals surface area (Å²) in [6, 6.07) is 7.93. The lowest BCUT2D eigenvalue weighted by Gasteiger charge is -2.29. The lowest BCUT2D eigenvalue weighted by Crippen LogP contribution is -2.25. The van der Waals surface area contributed by atoms with E-state index in [0.717, 1.165) is 28.5 Å². The maximum Gasteiger partial charge on any atom is 0.108 e. The van der Waals surface area contributed by atoms with Gasteiger partial charge in [0, 0.05) is 4.47 Å². The maximum absolute atomic E-state index is 10.6. The van der Waals surface area contributed by atoms with Gasteiger partial charge < -0.3 is 5.11 Å². The third kappa shape index (κ3) is 2.38. The Kier molecular flexibility index (Phi) is 3.50. The fraction of sp³-hybridized carbons (Fsp3) is 0.429. The Morgan fingerprint density at radius 2 is 2.12 bits per heavy atom. The average molecular weight is 281 g/mol. The van der Waals surface area contributed by atoms with E-state index in [0.29, 0.717) is 0 Å². The minimum absolute atomic E-state index is 0.815. The van der Waals surface area contributed by atoms with Gasteiger partial charge in [-0.25, -0.2) is 0 Å². The Hall–Kier alpha value is -0.600. The maximum atomic E-state index is 10.6. The zero-order chi connectivity index (χ0) is 11.6. The molecular weight excluding hydrogens is 264 g/mol. The van der Waals surface area contributed by atoms with Gasteiger partial charge in [0.25, 0.3) is 0 Å². The van der Waals surface area contributed by atoms with E-state index in [9.17, 15) is 5.11 Å². The van der Waals surface area contributed by atoms with Crippen molar-refractivity contribution < 1.29 is 5.11 Å². The number of hydrogen-bond acceptors (Lipinski definition) is 1. The van der Waals surface area contributed by atoms with Crippen LogP contribution >= 0.6 is 15.9 Å². The lowest BCUT2D eigenvalue weighted by atomic mass is 9.82. The van der Waals surface area contributed by atoms with E-state index >= 15 is 0 Å². The van der Waals surface area contributed by atoms with Crippen molar-refractivity contribution in [2.24, 2.45) is 0 Å². The molecule has 0 heterocycles. The topological polar surface area (TPSA) is 20.2 Å². The quantitative estimate of drug-likeness (QED) is 0.807. The number of allylic oxidation sites excluding steroid dienone is 1. The summed E-state index contributed by atoms with van der Waals surface area (Å²) in [5.41, 5.74) is 1.32. The third-order valence-corrected chi connectivity index (χ3v) is 3.80. The summed E-state index contributed by atoms with van der Waals surface area (Å²) in [5, 5.41) is 10.6. The third-order valence-electron chi connectivity index (χ3n) is 3.30. The predicted octanol–water partition coefficient (Wildman–Crippen LogP) is 4.16. The Labute approximate surface area is 105 Å². The summed E-state index contributed by atoms with van der Waals surface area (Å²) >= 11 is 3.45. The van der Waals surface area contributed by atoms with Crippen molar-refractivity contribution in [1.82, 2.24) is 0 Å². The van der Waals surface area contributed by atoms with Crippen LogP contribution < -0.4 is 0 Å². The highest BCUT2D eigenvalue weighted by Crippen LogP contribution is 2.35. The van der Waals surface area contributed by atoms with Crippen LogP contribution in [0, 0.1) is 0 Å². The van der Waals surface area contributed by atoms with Crippen LogP contribution in [0.2, 0.25) is 0 Å². The highest BCUT2D eigenvalue weighted by molar-refractivity contribution is 9.10. The molecule has 0 amide bonds. The van der Waals surface area contributed by atoms with E-state index in [2.05, 4.69) is 22.0 Å². The molecule has 0 fully saturated rings. The van der Waals surface area contributed by atoms with Gasteiger partial charge in [-0.3, -0.25) is 0 Å². The molecule has 1 aromatic rings. The first-order valence-electron chi connectivity index (χ1n) is 5.78. The zero-order valence-electron chi connectivity index (χ0n) is 9.54. The van der Waals surface area contributed by atoms with E-state index in [1.54, 1.807) is 0 Å². The van der Waals surface area contributed by atoms with Crippen LogP contribution in [0.15, 0.2) is 40.4 Å². The number of halogens is 1. The molecule has 1 aromatic carbocycles. The van der Waals surface area contributed by atoms with Gasteiger partial charge in [-0.1, -0.05) is 34.1 Å². The number of aliphatic hydroxyl groups is 1. The van der Waals surface area contributed by atoms with Crippen LogP contribution in [0.3, 0.4) is 0 Å². The first-order chi connectivity index (χ1) is 7.60. The summed E-state index contributed by atoms with van der Waals surface area (Å²) in [6.07, 6.45) is 6.75. The Morgan fingerprint density at radius 3 is 2.75 bits per heavy atom. The molecule has 1 aliphatic carbocycles. The monoisotopic (exact) mass is 280 g/mol. The highest BCUT2D eigenvalue weighted by Gasteiger charge is 2.28. The Bertz CT molecular complexity index is 407. The van der Waals surface area contributed by atoms with Crippen molar-refractivity contribution in [3.05, 3.63) is 46.0 Å². The molecule has 16 heavy (non-hydrogen) atoms. The molecule has 0 saturated heterocycles. The van der Waals surface area contributed by atoms with Gasteiger partial charge in [0.2, 0.25) is 0 Å². The van der Waals surface area contributed by atoms with Crippen LogP contribution in [0.5, 0.6) is 0 Å². The molecular formula is C14H17BrO. The van der Waals surface area contributed by atoms with Gasteiger partial charge in [0.1, 0.15) is 5.60 Å². The first-order valence-corrected chi connectivity index (χ1v) is 6.58. The molecule has 2 heteroatoms. The highest BCUT2D eigenvalue weighted by atomic mass is 79.9. The molecule has 1 aliphatic rings. The van der Waals surface area contributed by atoms with Gasteiger partial charge in [0.15, 0.2) is 0 Å². The summed E-state index contributed by atoms with van der Waals surface area (Å²) in [6.45, 7) is 1.89. The summed E-state index contributed by atoms with van der Waals surface area (Å²) in [4.78, 5) is 0. The number of benzene rings is 1. The van der Waals surface area contributed by atoms with Gasteiger partial charge in [-0.2, -0.15) is 0 Å². The minimum Gasteiger partial charge on any atom is -0.381 e. The van der Waals surface area contributed by atoms with Gasteiger partial charge in [0.05, 0.1) is 0 Å². The Balaban J connectivity index is 2.33. The second-order valence-electron chi connectivity index (χ2n) is 4.56. The second kappa shape index (κ2) is 4.72. The van der Waals surface area contributed by atoms with E-state index in [-0.39, 0.29) is 0 Å². The molecule has 1 nitrogen and oxygen atoms in total. The van der Waals surface area contributed by atoms with Crippen LogP contribution in [0.4, 0.5) is 0 Å². The Morgan fingerprint density at radius 1 is 1.31 bits per heavy atom. The van der Waals surface area contributed by atoms with Gasteiger partial charge in [-0.05, 0) is 55.9 Å². The van der Waals surface area contributed by atoms with Gasteiger partial charge >= 0.3 is 0 Å². The van der Waals surface area contributed by atoms with Crippen molar-refractivity contribution in [3.63, 3.8) is 0 Å². The first kappa shape index (κ1) is 11.9. The normalized spacial score (nSPS) is 20.1. The van der Waals surface area contributed by atoms with Crippen LogP contribution in [0.1, 0.15) is 38.2 Å². The van der Waals surface area contributed by atoms with Crippen LogP contribution in [0.25, 0.3) is 0 Å². The molecule has 0 bridgehead atoms. The molecule has 1 N–H and O–H groups in total. The van der Waals surface area contributed by atoms with E-state index in [1.165, 1.54) is 12.8 Å². The fourth-order valence-electron chi connectivity index (χ4n) is 2.26. The molecule has 1 unspecified atom stereocenters. The minimum atomic E-state index is -0.815. The molecule has 0 saturated carbocycles. The number of hydrogen-bond donors (Lipinski definition) is 1. The van der Waals surface area contributed by atoms with Crippen molar-refractivity contribution >= 4 is 15.9 Å². The predicted molar refractivity (Wildman–Crippen MR) is 70.3 cm³/mol. The van der Waals surface area contributed by atoms with Crippen LogP contribution in [-0.4, -0.2) is 5.11 Å². The largest absolute Gasteiger partial charge is 0.381 e. The molecule has 2 rings (SSSR count). The lowest BCUT2D eigenvalue weighted by molar-refractivity contribution is 0.0914. The van der Waals surface area contributed by atoms with Crippen LogP contribution in [-0.2, 0) is 5.60 Å². The van der Waals surface area contributed by atoms with Crippen molar-refractivity contribution in [1.29, 1.82) is 0 Å². The second-order valence-corrected chi connectivity index (χ2v) is 5.47. The zero-order valence-corrected chi connectivity index (χ0v) is 11.1. The summed E-state index contributed by atoms with van der Waals surface area (Å²) < 4.78 is 1.02. The summed E-state index contributed by atoms with van der Waals surface area (Å²) in [7, 11) is 0. The van der Waals surface area contributed by atoms with Gasteiger partial charge in [-0.15, -0.1) is 0 Å².